The van der Waals surface area contributed by atoms with E-state index in [4.69, 9.17) is 21.1 Å². The third-order valence-corrected chi connectivity index (χ3v) is 2.54. The van der Waals surface area contributed by atoms with E-state index in [-0.39, 0.29) is 12.1 Å². The number of carbonyl (C=O) groups is 1. The van der Waals surface area contributed by atoms with Crippen LogP contribution in [0, 0.1) is 0 Å². The van der Waals surface area contributed by atoms with Crippen LogP contribution in [0.25, 0.3) is 0 Å². The second-order valence-corrected chi connectivity index (χ2v) is 4.71. The average molecular weight is 271 g/mol. The van der Waals surface area contributed by atoms with Crippen molar-refractivity contribution in [3.8, 4) is 0 Å². The second-order valence-electron chi connectivity index (χ2n) is 4.27. The van der Waals surface area contributed by atoms with Crippen LogP contribution >= 0.6 is 11.6 Å². The Kier molecular flexibility index (Phi) is 6.76. The minimum atomic E-state index is -0.206. The van der Waals surface area contributed by atoms with E-state index in [0.29, 0.717) is 31.1 Å². The molecule has 1 aromatic carbocycles. The van der Waals surface area contributed by atoms with Crippen LogP contribution in [0.3, 0.4) is 0 Å². The molecule has 1 aromatic rings. The first-order valence-electron chi connectivity index (χ1n) is 6.09. The number of hydrogen-bond donors (Lipinski definition) is 0. The summed E-state index contributed by atoms with van der Waals surface area (Å²) in [6.07, 6.45) is 1.17. The highest BCUT2D eigenvalue weighted by Gasteiger charge is 2.04. The first-order chi connectivity index (χ1) is 8.58. The minimum Gasteiger partial charge on any atom is -0.463 e. The fourth-order valence-electron chi connectivity index (χ4n) is 1.45. The summed E-state index contributed by atoms with van der Waals surface area (Å²) < 4.78 is 10.3. The van der Waals surface area contributed by atoms with Crippen LogP contribution in [0.15, 0.2) is 24.3 Å². The zero-order valence-electron chi connectivity index (χ0n) is 10.8. The predicted octanol–water partition coefficient (Wildman–Crippen LogP) is 3.24. The molecule has 0 bridgehead atoms. The van der Waals surface area contributed by atoms with Gasteiger partial charge in [-0.3, -0.25) is 4.79 Å². The lowest BCUT2D eigenvalue weighted by Crippen LogP contribution is -2.13. The lowest BCUT2D eigenvalue weighted by molar-refractivity contribution is -0.145. The molecule has 0 fully saturated rings. The Morgan fingerprint density at radius 2 is 2.11 bits per heavy atom. The average Bonchev–Trinajstić information content (AvgIpc) is 2.32. The van der Waals surface area contributed by atoms with Crippen molar-refractivity contribution in [2.24, 2.45) is 0 Å². The van der Waals surface area contributed by atoms with Gasteiger partial charge in [-0.05, 0) is 38.0 Å². The van der Waals surface area contributed by atoms with Crippen LogP contribution in [0.5, 0.6) is 0 Å². The van der Waals surface area contributed by atoms with Crippen molar-refractivity contribution in [2.45, 2.75) is 32.8 Å². The molecule has 0 aliphatic carbocycles. The van der Waals surface area contributed by atoms with Crippen molar-refractivity contribution >= 4 is 17.6 Å². The SMILES string of the molecule is CC(C)OCCOC(=O)CCc1cccc(Cl)c1. The van der Waals surface area contributed by atoms with Gasteiger partial charge in [0, 0.05) is 11.4 Å². The van der Waals surface area contributed by atoms with Crippen molar-refractivity contribution in [3.05, 3.63) is 34.9 Å². The van der Waals surface area contributed by atoms with E-state index in [1.807, 2.05) is 38.1 Å². The molecular formula is C14H19ClO3. The smallest absolute Gasteiger partial charge is 0.306 e. The lowest BCUT2D eigenvalue weighted by Gasteiger charge is -2.08. The molecule has 0 amide bonds. The molecule has 100 valence electrons. The monoisotopic (exact) mass is 270 g/mol. The Hall–Kier alpha value is -1.06. The number of esters is 1. The molecule has 0 atom stereocenters. The van der Waals surface area contributed by atoms with Crippen molar-refractivity contribution in [1.29, 1.82) is 0 Å². The summed E-state index contributed by atoms with van der Waals surface area (Å²) in [7, 11) is 0. The Morgan fingerprint density at radius 3 is 2.78 bits per heavy atom. The number of rotatable bonds is 7. The van der Waals surface area contributed by atoms with Crippen molar-refractivity contribution in [1.82, 2.24) is 0 Å². The first-order valence-corrected chi connectivity index (χ1v) is 6.47. The van der Waals surface area contributed by atoms with Gasteiger partial charge in [0.15, 0.2) is 0 Å². The van der Waals surface area contributed by atoms with Gasteiger partial charge in [-0.25, -0.2) is 0 Å². The van der Waals surface area contributed by atoms with Gasteiger partial charge in [-0.15, -0.1) is 0 Å². The highest BCUT2D eigenvalue weighted by Crippen LogP contribution is 2.12. The fraction of sp³-hybridized carbons (Fsp3) is 0.500. The first kappa shape index (κ1) is 15.0. The summed E-state index contributed by atoms with van der Waals surface area (Å²) in [5.41, 5.74) is 1.04. The van der Waals surface area contributed by atoms with Crippen molar-refractivity contribution in [2.75, 3.05) is 13.2 Å². The van der Waals surface area contributed by atoms with Crippen LogP contribution in [-0.2, 0) is 20.7 Å². The maximum Gasteiger partial charge on any atom is 0.306 e. The normalized spacial score (nSPS) is 10.7. The maximum atomic E-state index is 11.4. The minimum absolute atomic E-state index is 0.162. The van der Waals surface area contributed by atoms with E-state index in [9.17, 15) is 4.79 Å². The molecule has 0 saturated heterocycles. The number of hydrogen-bond acceptors (Lipinski definition) is 3. The molecule has 1 rings (SSSR count). The molecule has 0 aromatic heterocycles. The van der Waals surface area contributed by atoms with Crippen molar-refractivity contribution < 1.29 is 14.3 Å². The van der Waals surface area contributed by atoms with E-state index < -0.39 is 0 Å². The molecule has 0 aliphatic heterocycles. The Balaban J connectivity index is 2.17. The van der Waals surface area contributed by atoms with Crippen LogP contribution in [-0.4, -0.2) is 25.3 Å². The molecule has 3 nitrogen and oxygen atoms in total. The van der Waals surface area contributed by atoms with Crippen LogP contribution in [0.2, 0.25) is 5.02 Å². The number of halogens is 1. The molecule has 4 heteroatoms. The molecule has 0 aliphatic rings. The quantitative estimate of drug-likeness (QED) is 0.564. The standard InChI is InChI=1S/C14H19ClO3/c1-11(2)17-8-9-18-14(16)7-6-12-4-3-5-13(15)10-12/h3-5,10-11H,6-9H2,1-2H3. The summed E-state index contributed by atoms with van der Waals surface area (Å²) in [6.45, 7) is 4.65. The molecule has 0 N–H and O–H groups in total. The van der Waals surface area contributed by atoms with Gasteiger partial charge >= 0.3 is 5.97 Å². The van der Waals surface area contributed by atoms with Crippen LogP contribution in [0.1, 0.15) is 25.8 Å². The van der Waals surface area contributed by atoms with Gasteiger partial charge < -0.3 is 9.47 Å². The van der Waals surface area contributed by atoms with Gasteiger partial charge in [0.1, 0.15) is 6.61 Å². The summed E-state index contributed by atoms with van der Waals surface area (Å²) in [5, 5.41) is 0.686. The number of benzene rings is 1. The summed E-state index contributed by atoms with van der Waals surface area (Å²) in [5.74, 6) is -0.206. The van der Waals surface area contributed by atoms with E-state index in [1.165, 1.54) is 0 Å². The molecular weight excluding hydrogens is 252 g/mol. The van der Waals surface area contributed by atoms with Crippen LogP contribution in [0.4, 0.5) is 0 Å². The third kappa shape index (κ3) is 6.62. The summed E-state index contributed by atoms with van der Waals surface area (Å²) >= 11 is 5.86. The predicted molar refractivity (Wildman–Crippen MR) is 71.8 cm³/mol. The lowest BCUT2D eigenvalue weighted by atomic mass is 10.1. The Labute approximate surface area is 113 Å². The Morgan fingerprint density at radius 1 is 1.33 bits per heavy atom. The second kappa shape index (κ2) is 8.11. The number of aryl methyl sites for hydroxylation is 1. The highest BCUT2D eigenvalue weighted by atomic mass is 35.5. The van der Waals surface area contributed by atoms with E-state index in [0.717, 1.165) is 5.56 Å². The van der Waals surface area contributed by atoms with Gasteiger partial charge in [0.2, 0.25) is 0 Å². The van der Waals surface area contributed by atoms with Gasteiger partial charge in [0.05, 0.1) is 12.7 Å². The highest BCUT2D eigenvalue weighted by molar-refractivity contribution is 6.30. The molecule has 0 radical (unpaired) electrons. The molecule has 0 heterocycles. The maximum absolute atomic E-state index is 11.4. The van der Waals surface area contributed by atoms with Crippen molar-refractivity contribution in [3.63, 3.8) is 0 Å². The van der Waals surface area contributed by atoms with Gasteiger partial charge in [0.25, 0.3) is 0 Å². The number of carbonyl (C=O) groups excluding carboxylic acids is 1. The summed E-state index contributed by atoms with van der Waals surface area (Å²) in [6, 6.07) is 7.49. The number of ether oxygens (including phenoxy) is 2. The largest absolute Gasteiger partial charge is 0.463 e. The van der Waals surface area contributed by atoms with Gasteiger partial charge in [-0.2, -0.15) is 0 Å². The van der Waals surface area contributed by atoms with E-state index in [2.05, 4.69) is 0 Å². The van der Waals surface area contributed by atoms with Crippen LogP contribution < -0.4 is 0 Å². The molecule has 0 spiro atoms. The zero-order chi connectivity index (χ0) is 13.4. The molecule has 18 heavy (non-hydrogen) atoms. The Bertz CT molecular complexity index is 377. The van der Waals surface area contributed by atoms with Gasteiger partial charge in [-0.1, -0.05) is 23.7 Å². The molecule has 0 saturated carbocycles. The summed E-state index contributed by atoms with van der Waals surface area (Å²) in [4.78, 5) is 11.4. The third-order valence-electron chi connectivity index (χ3n) is 2.30. The topological polar surface area (TPSA) is 35.5 Å². The fourth-order valence-corrected chi connectivity index (χ4v) is 1.66. The van der Waals surface area contributed by atoms with E-state index in [1.54, 1.807) is 0 Å². The van der Waals surface area contributed by atoms with E-state index >= 15 is 0 Å². The zero-order valence-corrected chi connectivity index (χ0v) is 11.6. The molecule has 0 unspecified atom stereocenters.